The first-order chi connectivity index (χ1) is 10.2. The van der Waals surface area contributed by atoms with Gasteiger partial charge in [0.15, 0.2) is 0 Å². The van der Waals surface area contributed by atoms with Crippen LogP contribution in [0.2, 0.25) is 5.02 Å². The Morgan fingerprint density at radius 1 is 1.48 bits per heavy atom. The van der Waals surface area contributed by atoms with Crippen LogP contribution in [0, 0.1) is 0 Å². The van der Waals surface area contributed by atoms with Crippen LogP contribution in [0.1, 0.15) is 39.9 Å². The molecule has 3 rings (SSSR count). The maximum absolute atomic E-state index is 12.7. The number of likely N-dealkylation sites (tertiary alicyclic amines) is 1. The van der Waals surface area contributed by atoms with Crippen molar-refractivity contribution < 1.29 is 4.79 Å². The molecule has 0 aliphatic carbocycles. The molecule has 0 saturated carbocycles. The smallest absolute Gasteiger partial charge is 0.273 e. The molecule has 1 aliphatic rings. The fraction of sp³-hybridized carbons (Fsp3) is 0.333. The van der Waals surface area contributed by atoms with Gasteiger partial charge in [0.25, 0.3) is 5.91 Å². The molecule has 1 amide bonds. The number of halogens is 1. The van der Waals surface area contributed by atoms with Crippen LogP contribution in [0.5, 0.6) is 0 Å². The van der Waals surface area contributed by atoms with Crippen molar-refractivity contribution >= 4 is 28.8 Å². The molecule has 1 aromatic carbocycles. The van der Waals surface area contributed by atoms with Gasteiger partial charge in [0.05, 0.1) is 6.04 Å². The maximum Gasteiger partial charge on any atom is 0.273 e. The van der Waals surface area contributed by atoms with E-state index in [9.17, 15) is 4.79 Å². The Bertz CT molecular complexity index is 658. The number of aromatic nitrogens is 1. The summed E-state index contributed by atoms with van der Waals surface area (Å²) in [6, 6.07) is 7.76. The Hall–Kier alpha value is -1.43. The van der Waals surface area contributed by atoms with Crippen molar-refractivity contribution in [3.63, 3.8) is 0 Å². The first-order valence-electron chi connectivity index (χ1n) is 6.90. The number of thiazole rings is 1. The van der Waals surface area contributed by atoms with E-state index in [1.807, 2.05) is 29.2 Å². The number of benzene rings is 1. The fourth-order valence-corrected chi connectivity index (χ4v) is 3.64. The molecule has 21 heavy (non-hydrogen) atoms. The third kappa shape index (κ3) is 2.81. The molecule has 1 unspecified atom stereocenters. The van der Waals surface area contributed by atoms with E-state index < -0.39 is 0 Å². The summed E-state index contributed by atoms with van der Waals surface area (Å²) >= 11 is 7.71. The lowest BCUT2D eigenvalue weighted by Gasteiger charge is -2.25. The molecule has 110 valence electrons. The molecule has 1 aromatic heterocycles. The van der Waals surface area contributed by atoms with E-state index in [2.05, 4.69) is 4.98 Å². The minimum atomic E-state index is -0.0339. The number of hydrogen-bond donors (Lipinski definition) is 1. The standard InChI is InChI=1S/C15H16ClN3OS/c16-11-5-2-1-4-10(11)13-6-3-7-19(13)15(20)12-9-21-14(8-17)18-12/h1-2,4-5,9,13H,3,6-8,17H2. The third-order valence-corrected chi connectivity index (χ3v) is 4.94. The van der Waals surface area contributed by atoms with Gasteiger partial charge in [0, 0.05) is 23.5 Å². The molecule has 0 radical (unpaired) electrons. The first kappa shape index (κ1) is 14.5. The Morgan fingerprint density at radius 3 is 3.00 bits per heavy atom. The zero-order valence-corrected chi connectivity index (χ0v) is 13.0. The van der Waals surface area contributed by atoms with Crippen molar-refractivity contribution in [2.45, 2.75) is 25.4 Å². The van der Waals surface area contributed by atoms with E-state index in [4.69, 9.17) is 17.3 Å². The van der Waals surface area contributed by atoms with Gasteiger partial charge >= 0.3 is 0 Å². The van der Waals surface area contributed by atoms with Crippen LogP contribution in [-0.4, -0.2) is 22.3 Å². The molecule has 6 heteroatoms. The highest BCUT2D eigenvalue weighted by atomic mass is 35.5. The largest absolute Gasteiger partial charge is 0.330 e. The van der Waals surface area contributed by atoms with Crippen molar-refractivity contribution in [3.05, 3.63) is 50.9 Å². The van der Waals surface area contributed by atoms with Crippen molar-refractivity contribution in [2.75, 3.05) is 6.54 Å². The van der Waals surface area contributed by atoms with E-state index in [1.165, 1.54) is 11.3 Å². The second-order valence-electron chi connectivity index (χ2n) is 5.01. The van der Waals surface area contributed by atoms with Crippen LogP contribution >= 0.6 is 22.9 Å². The van der Waals surface area contributed by atoms with E-state index in [0.717, 1.165) is 30.0 Å². The summed E-state index contributed by atoms with van der Waals surface area (Å²) in [6.07, 6.45) is 1.92. The molecular formula is C15H16ClN3OS. The Morgan fingerprint density at radius 2 is 2.29 bits per heavy atom. The van der Waals surface area contributed by atoms with E-state index in [1.54, 1.807) is 5.38 Å². The number of carbonyl (C=O) groups is 1. The molecule has 1 saturated heterocycles. The predicted octanol–water partition coefficient (Wildman–Crippen LogP) is 3.23. The van der Waals surface area contributed by atoms with Crippen molar-refractivity contribution in [2.24, 2.45) is 5.73 Å². The van der Waals surface area contributed by atoms with Crippen LogP contribution in [0.4, 0.5) is 0 Å². The van der Waals surface area contributed by atoms with Crippen LogP contribution in [0.25, 0.3) is 0 Å². The molecule has 2 heterocycles. The van der Waals surface area contributed by atoms with Gasteiger partial charge in [0.2, 0.25) is 0 Å². The van der Waals surface area contributed by atoms with Gasteiger partial charge in [-0.3, -0.25) is 4.79 Å². The lowest BCUT2D eigenvalue weighted by molar-refractivity contribution is 0.0730. The van der Waals surface area contributed by atoms with Crippen LogP contribution in [0.3, 0.4) is 0 Å². The molecule has 1 aliphatic heterocycles. The van der Waals surface area contributed by atoms with Crippen LogP contribution < -0.4 is 5.73 Å². The zero-order valence-electron chi connectivity index (χ0n) is 11.5. The first-order valence-corrected chi connectivity index (χ1v) is 8.16. The van der Waals surface area contributed by atoms with E-state index in [0.29, 0.717) is 17.3 Å². The molecular weight excluding hydrogens is 306 g/mol. The lowest BCUT2D eigenvalue weighted by atomic mass is 10.0. The minimum absolute atomic E-state index is 0.0339. The summed E-state index contributed by atoms with van der Waals surface area (Å²) in [4.78, 5) is 18.8. The van der Waals surface area contributed by atoms with Gasteiger partial charge in [-0.1, -0.05) is 29.8 Å². The van der Waals surface area contributed by atoms with Crippen LogP contribution in [0.15, 0.2) is 29.6 Å². The Kier molecular flexibility index (Phi) is 4.24. The Balaban J connectivity index is 1.87. The average Bonchev–Trinajstić information content (AvgIpc) is 3.16. The molecule has 2 aromatic rings. The number of nitrogens with two attached hydrogens (primary N) is 1. The zero-order chi connectivity index (χ0) is 14.8. The number of hydrogen-bond acceptors (Lipinski definition) is 4. The highest BCUT2D eigenvalue weighted by Crippen LogP contribution is 2.36. The number of carbonyl (C=O) groups excluding carboxylic acids is 1. The third-order valence-electron chi connectivity index (χ3n) is 3.72. The molecule has 0 bridgehead atoms. The highest BCUT2D eigenvalue weighted by molar-refractivity contribution is 7.09. The summed E-state index contributed by atoms with van der Waals surface area (Å²) in [7, 11) is 0. The molecule has 2 N–H and O–H groups in total. The molecule has 1 atom stereocenters. The van der Waals surface area contributed by atoms with Crippen molar-refractivity contribution in [1.82, 2.24) is 9.88 Å². The molecule has 0 spiro atoms. The topological polar surface area (TPSA) is 59.2 Å². The normalized spacial score (nSPS) is 18.2. The van der Waals surface area contributed by atoms with Gasteiger partial charge in [-0.25, -0.2) is 4.98 Å². The maximum atomic E-state index is 12.7. The average molecular weight is 322 g/mol. The molecule has 1 fully saturated rings. The fourth-order valence-electron chi connectivity index (χ4n) is 2.73. The quantitative estimate of drug-likeness (QED) is 0.944. The monoisotopic (exact) mass is 321 g/mol. The van der Waals surface area contributed by atoms with E-state index in [-0.39, 0.29) is 11.9 Å². The molecule has 4 nitrogen and oxygen atoms in total. The second kappa shape index (κ2) is 6.13. The van der Waals surface area contributed by atoms with Gasteiger partial charge in [-0.2, -0.15) is 0 Å². The number of amides is 1. The highest BCUT2D eigenvalue weighted by Gasteiger charge is 2.32. The van der Waals surface area contributed by atoms with Gasteiger partial charge in [0.1, 0.15) is 10.7 Å². The van der Waals surface area contributed by atoms with Crippen molar-refractivity contribution in [3.8, 4) is 0 Å². The Labute approximate surface area is 132 Å². The second-order valence-corrected chi connectivity index (χ2v) is 6.36. The predicted molar refractivity (Wildman–Crippen MR) is 84.5 cm³/mol. The summed E-state index contributed by atoms with van der Waals surface area (Å²) in [6.45, 7) is 1.11. The number of nitrogens with zero attached hydrogens (tertiary/aromatic N) is 2. The van der Waals surface area contributed by atoms with Gasteiger partial charge in [-0.05, 0) is 24.5 Å². The SMILES string of the molecule is NCc1nc(C(=O)N2CCCC2c2ccccc2Cl)cs1. The summed E-state index contributed by atoms with van der Waals surface area (Å²) < 4.78 is 0. The van der Waals surface area contributed by atoms with Gasteiger partial charge < -0.3 is 10.6 Å². The summed E-state index contributed by atoms with van der Waals surface area (Å²) in [5.74, 6) is -0.0339. The minimum Gasteiger partial charge on any atom is -0.330 e. The van der Waals surface area contributed by atoms with E-state index >= 15 is 0 Å². The van der Waals surface area contributed by atoms with Crippen LogP contribution in [-0.2, 0) is 6.54 Å². The van der Waals surface area contributed by atoms with Gasteiger partial charge in [-0.15, -0.1) is 11.3 Å². The van der Waals surface area contributed by atoms with Crippen molar-refractivity contribution in [1.29, 1.82) is 0 Å². The summed E-state index contributed by atoms with van der Waals surface area (Å²) in [5.41, 5.74) is 7.06. The number of rotatable bonds is 3. The summed E-state index contributed by atoms with van der Waals surface area (Å²) in [5, 5.41) is 3.28. The lowest BCUT2D eigenvalue weighted by Crippen LogP contribution is -2.31.